The second-order valence-corrected chi connectivity index (χ2v) is 5.96. The summed E-state index contributed by atoms with van der Waals surface area (Å²) in [5.74, 6) is -2.19. The highest BCUT2D eigenvalue weighted by atomic mass is 19.1. The minimum atomic E-state index is -1.33. The Bertz CT molecular complexity index is 500. The molecule has 0 aliphatic rings. The summed E-state index contributed by atoms with van der Waals surface area (Å²) in [6, 6.07) is 2.80. The Morgan fingerprint density at radius 1 is 1.15 bits per heavy atom. The fraction of sp³-hybridized carbons (Fsp3) is 0.467. The number of esters is 1. The number of carbonyl (C=O) groups is 2. The molecule has 1 unspecified atom stereocenters. The Kier molecular flexibility index (Phi) is 4.63. The van der Waals surface area contributed by atoms with Crippen molar-refractivity contribution in [3.63, 3.8) is 0 Å². The van der Waals surface area contributed by atoms with E-state index in [1.165, 1.54) is 6.92 Å². The Hall–Kier alpha value is -1.78. The fourth-order valence-electron chi connectivity index (χ4n) is 1.77. The van der Waals surface area contributed by atoms with Gasteiger partial charge in [0.1, 0.15) is 23.5 Å². The first-order valence-electron chi connectivity index (χ1n) is 6.20. The second-order valence-electron chi connectivity index (χ2n) is 5.96. The molecule has 0 spiro atoms. The molecule has 20 heavy (non-hydrogen) atoms. The lowest BCUT2D eigenvalue weighted by Crippen LogP contribution is -2.32. The van der Waals surface area contributed by atoms with E-state index in [-0.39, 0.29) is 12.0 Å². The molecule has 5 heteroatoms. The standard InChI is InChI=1S/C15H18F2O3/c1-14(2,3)20-13(19)8-15(4,9-18)10-5-11(16)7-12(17)6-10/h5-7,9H,8H2,1-4H3. The van der Waals surface area contributed by atoms with E-state index in [0.717, 1.165) is 12.1 Å². The average Bonchev–Trinajstić information content (AvgIpc) is 2.24. The Morgan fingerprint density at radius 3 is 2.05 bits per heavy atom. The van der Waals surface area contributed by atoms with Gasteiger partial charge >= 0.3 is 5.97 Å². The van der Waals surface area contributed by atoms with Crippen LogP contribution in [0.25, 0.3) is 0 Å². The third kappa shape index (κ3) is 4.40. The molecule has 0 saturated heterocycles. The van der Waals surface area contributed by atoms with Gasteiger partial charge < -0.3 is 9.53 Å². The molecule has 1 rings (SSSR count). The van der Waals surface area contributed by atoms with Crippen molar-refractivity contribution in [1.29, 1.82) is 0 Å². The van der Waals surface area contributed by atoms with Gasteiger partial charge in [0, 0.05) is 6.07 Å². The predicted molar refractivity (Wildman–Crippen MR) is 70.2 cm³/mol. The summed E-state index contributed by atoms with van der Waals surface area (Å²) < 4.78 is 31.6. The van der Waals surface area contributed by atoms with E-state index in [0.29, 0.717) is 12.4 Å². The molecular weight excluding hydrogens is 266 g/mol. The number of carbonyl (C=O) groups excluding carboxylic acids is 2. The van der Waals surface area contributed by atoms with Gasteiger partial charge in [0.05, 0.1) is 11.8 Å². The van der Waals surface area contributed by atoms with Crippen molar-refractivity contribution in [2.75, 3.05) is 0 Å². The molecule has 0 radical (unpaired) electrons. The number of benzene rings is 1. The SMILES string of the molecule is CC(C)(C)OC(=O)CC(C)(C=O)c1cc(F)cc(F)c1. The lowest BCUT2D eigenvalue weighted by atomic mass is 9.81. The van der Waals surface area contributed by atoms with Gasteiger partial charge in [0.25, 0.3) is 0 Å². The van der Waals surface area contributed by atoms with Crippen molar-refractivity contribution in [2.45, 2.75) is 45.1 Å². The van der Waals surface area contributed by atoms with Crippen LogP contribution >= 0.6 is 0 Å². The molecule has 0 aromatic heterocycles. The van der Waals surface area contributed by atoms with Crippen LogP contribution in [0, 0.1) is 11.6 Å². The van der Waals surface area contributed by atoms with Crippen molar-refractivity contribution in [2.24, 2.45) is 0 Å². The molecule has 0 N–H and O–H groups in total. The summed E-state index contributed by atoms with van der Waals surface area (Å²) in [6.45, 7) is 6.54. The number of ether oxygens (including phenoxy) is 1. The minimum Gasteiger partial charge on any atom is -0.460 e. The van der Waals surface area contributed by atoms with Gasteiger partial charge in [-0.25, -0.2) is 8.78 Å². The molecule has 0 aliphatic heterocycles. The van der Waals surface area contributed by atoms with Crippen LogP contribution in [0.1, 0.15) is 39.7 Å². The molecular formula is C15H18F2O3. The summed E-state index contributed by atoms with van der Waals surface area (Å²) in [5.41, 5.74) is -1.91. The van der Waals surface area contributed by atoms with Gasteiger partial charge in [0.15, 0.2) is 0 Å². The monoisotopic (exact) mass is 284 g/mol. The van der Waals surface area contributed by atoms with Crippen LogP contribution in [-0.2, 0) is 19.7 Å². The van der Waals surface area contributed by atoms with E-state index in [2.05, 4.69) is 0 Å². The second kappa shape index (κ2) is 5.69. The minimum absolute atomic E-state index is 0.107. The van der Waals surface area contributed by atoms with Crippen molar-refractivity contribution in [1.82, 2.24) is 0 Å². The van der Waals surface area contributed by atoms with Crippen LogP contribution in [0.15, 0.2) is 18.2 Å². The largest absolute Gasteiger partial charge is 0.460 e. The van der Waals surface area contributed by atoms with Gasteiger partial charge in [-0.15, -0.1) is 0 Å². The Balaban J connectivity index is 3.02. The Morgan fingerprint density at radius 2 is 1.65 bits per heavy atom. The molecule has 1 aromatic rings. The smallest absolute Gasteiger partial charge is 0.307 e. The summed E-state index contributed by atoms with van der Waals surface area (Å²) in [5, 5.41) is 0. The van der Waals surface area contributed by atoms with E-state index in [9.17, 15) is 18.4 Å². The zero-order valence-corrected chi connectivity index (χ0v) is 12.0. The maximum Gasteiger partial charge on any atom is 0.307 e. The van der Waals surface area contributed by atoms with Crippen molar-refractivity contribution >= 4 is 12.3 Å². The third-order valence-corrected chi connectivity index (χ3v) is 2.71. The number of hydrogen-bond acceptors (Lipinski definition) is 3. The molecule has 0 amide bonds. The van der Waals surface area contributed by atoms with E-state index >= 15 is 0 Å². The van der Waals surface area contributed by atoms with Crippen LogP contribution in [-0.4, -0.2) is 17.9 Å². The van der Waals surface area contributed by atoms with Gasteiger partial charge in [-0.05, 0) is 45.4 Å². The van der Waals surface area contributed by atoms with E-state index in [1.54, 1.807) is 20.8 Å². The van der Waals surface area contributed by atoms with E-state index < -0.39 is 28.6 Å². The normalized spacial score (nSPS) is 14.5. The van der Waals surface area contributed by atoms with Crippen LogP contribution in [0.2, 0.25) is 0 Å². The van der Waals surface area contributed by atoms with Crippen LogP contribution in [0.3, 0.4) is 0 Å². The topological polar surface area (TPSA) is 43.4 Å². The van der Waals surface area contributed by atoms with Crippen LogP contribution < -0.4 is 0 Å². The first-order chi connectivity index (χ1) is 9.05. The summed E-state index contributed by atoms with van der Waals surface area (Å²) >= 11 is 0. The van der Waals surface area contributed by atoms with Crippen molar-refractivity contribution < 1.29 is 23.1 Å². The van der Waals surface area contributed by atoms with Crippen molar-refractivity contribution in [3.05, 3.63) is 35.4 Å². The quantitative estimate of drug-likeness (QED) is 0.630. The van der Waals surface area contributed by atoms with Crippen molar-refractivity contribution in [3.8, 4) is 0 Å². The first-order valence-corrected chi connectivity index (χ1v) is 6.20. The van der Waals surface area contributed by atoms with E-state index in [1.807, 2.05) is 0 Å². The maximum atomic E-state index is 13.2. The molecule has 3 nitrogen and oxygen atoms in total. The molecule has 1 aromatic carbocycles. The number of halogens is 2. The highest BCUT2D eigenvalue weighted by molar-refractivity contribution is 5.80. The molecule has 110 valence electrons. The molecule has 0 saturated carbocycles. The van der Waals surface area contributed by atoms with Gasteiger partial charge in [-0.3, -0.25) is 4.79 Å². The van der Waals surface area contributed by atoms with Crippen LogP contribution in [0.4, 0.5) is 8.78 Å². The molecule has 0 aliphatic carbocycles. The zero-order valence-electron chi connectivity index (χ0n) is 12.0. The number of aldehydes is 1. The van der Waals surface area contributed by atoms with E-state index in [4.69, 9.17) is 4.74 Å². The number of hydrogen-bond donors (Lipinski definition) is 0. The molecule has 0 bridgehead atoms. The third-order valence-electron chi connectivity index (χ3n) is 2.71. The van der Waals surface area contributed by atoms with Gasteiger partial charge in [-0.2, -0.15) is 0 Å². The van der Waals surface area contributed by atoms with Gasteiger partial charge in [0.2, 0.25) is 0 Å². The average molecular weight is 284 g/mol. The molecule has 1 atom stereocenters. The predicted octanol–water partition coefficient (Wildman–Crippen LogP) is 3.15. The number of rotatable bonds is 4. The highest BCUT2D eigenvalue weighted by Crippen LogP contribution is 2.28. The highest BCUT2D eigenvalue weighted by Gasteiger charge is 2.32. The molecule has 0 fully saturated rings. The maximum absolute atomic E-state index is 13.2. The lowest BCUT2D eigenvalue weighted by Gasteiger charge is -2.26. The fourth-order valence-corrected chi connectivity index (χ4v) is 1.77. The summed E-state index contributed by atoms with van der Waals surface area (Å²) in [7, 11) is 0. The van der Waals surface area contributed by atoms with Crippen LogP contribution in [0.5, 0.6) is 0 Å². The summed E-state index contributed by atoms with van der Waals surface area (Å²) in [4.78, 5) is 23.1. The molecule has 0 heterocycles. The summed E-state index contributed by atoms with van der Waals surface area (Å²) in [6.07, 6.45) is 0.224. The van der Waals surface area contributed by atoms with Gasteiger partial charge in [-0.1, -0.05) is 0 Å². The first kappa shape index (κ1) is 16.3. The lowest BCUT2D eigenvalue weighted by molar-refractivity contribution is -0.156. The Labute approximate surface area is 116 Å². The zero-order chi connectivity index (χ0) is 15.6.